The summed E-state index contributed by atoms with van der Waals surface area (Å²) >= 11 is 1.86. The lowest BCUT2D eigenvalue weighted by molar-refractivity contribution is -0.0378. The SMILES string of the molecule is CCc1ccc(CC(O)C2(N(C)C)CCC(C)CC2)s1. The molecule has 3 heteroatoms. The van der Waals surface area contributed by atoms with E-state index in [1.165, 1.54) is 22.6 Å². The molecule has 1 fully saturated rings. The topological polar surface area (TPSA) is 23.5 Å². The zero-order chi connectivity index (χ0) is 14.8. The van der Waals surface area contributed by atoms with Gasteiger partial charge in [0.2, 0.25) is 0 Å². The third-order valence-electron chi connectivity index (χ3n) is 5.11. The summed E-state index contributed by atoms with van der Waals surface area (Å²) < 4.78 is 0. The van der Waals surface area contributed by atoms with Crippen LogP contribution in [0.1, 0.15) is 49.3 Å². The van der Waals surface area contributed by atoms with Crippen molar-refractivity contribution < 1.29 is 5.11 Å². The number of rotatable bonds is 5. The standard InChI is InChI=1S/C17H29NOS/c1-5-14-6-7-15(20-14)12-16(19)17(18(3)4)10-8-13(2)9-11-17/h6-7,13,16,19H,5,8-12H2,1-4H3. The molecule has 1 aromatic rings. The van der Waals surface area contributed by atoms with E-state index in [0.717, 1.165) is 31.6 Å². The van der Waals surface area contributed by atoms with E-state index in [1.807, 2.05) is 11.3 Å². The Kier molecular flexibility index (Phi) is 5.27. The van der Waals surface area contributed by atoms with E-state index in [2.05, 4.69) is 45.0 Å². The molecule has 0 radical (unpaired) electrons. The Bertz CT molecular complexity index is 418. The van der Waals surface area contributed by atoms with Crippen molar-refractivity contribution in [2.45, 2.75) is 64.0 Å². The Morgan fingerprint density at radius 3 is 2.40 bits per heavy atom. The maximum Gasteiger partial charge on any atom is 0.0771 e. The summed E-state index contributed by atoms with van der Waals surface area (Å²) in [5.74, 6) is 0.809. The molecule has 1 saturated carbocycles. The van der Waals surface area contributed by atoms with Gasteiger partial charge in [-0.3, -0.25) is 0 Å². The second-order valence-corrected chi connectivity index (χ2v) is 7.87. The fourth-order valence-electron chi connectivity index (χ4n) is 3.44. The number of nitrogens with zero attached hydrogens (tertiary/aromatic N) is 1. The maximum atomic E-state index is 10.9. The van der Waals surface area contributed by atoms with Crippen LogP contribution in [-0.2, 0) is 12.8 Å². The van der Waals surface area contributed by atoms with Crippen molar-refractivity contribution in [2.75, 3.05) is 14.1 Å². The molecule has 114 valence electrons. The van der Waals surface area contributed by atoms with Gasteiger partial charge in [0.05, 0.1) is 6.10 Å². The highest BCUT2D eigenvalue weighted by atomic mass is 32.1. The summed E-state index contributed by atoms with van der Waals surface area (Å²) in [5.41, 5.74) is -0.0249. The van der Waals surface area contributed by atoms with Crippen LogP contribution in [-0.4, -0.2) is 35.7 Å². The van der Waals surface area contributed by atoms with Crippen LogP contribution >= 0.6 is 11.3 Å². The number of likely N-dealkylation sites (N-methyl/N-ethyl adjacent to an activating group) is 1. The molecule has 2 rings (SSSR count). The van der Waals surface area contributed by atoms with Gasteiger partial charge in [-0.05, 0) is 64.3 Å². The maximum absolute atomic E-state index is 10.9. The Morgan fingerprint density at radius 1 is 1.30 bits per heavy atom. The Balaban J connectivity index is 2.09. The smallest absolute Gasteiger partial charge is 0.0771 e. The first-order valence-electron chi connectivity index (χ1n) is 7.91. The third kappa shape index (κ3) is 3.26. The Labute approximate surface area is 127 Å². The van der Waals surface area contributed by atoms with Gasteiger partial charge >= 0.3 is 0 Å². The van der Waals surface area contributed by atoms with Gasteiger partial charge in [-0.2, -0.15) is 0 Å². The van der Waals surface area contributed by atoms with Crippen molar-refractivity contribution >= 4 is 11.3 Å². The number of hydrogen-bond donors (Lipinski definition) is 1. The molecule has 1 unspecified atom stereocenters. The van der Waals surface area contributed by atoms with Gasteiger partial charge in [-0.1, -0.05) is 13.8 Å². The quantitative estimate of drug-likeness (QED) is 0.895. The Morgan fingerprint density at radius 2 is 1.90 bits per heavy atom. The van der Waals surface area contributed by atoms with Crippen molar-refractivity contribution in [1.82, 2.24) is 4.90 Å². The van der Waals surface area contributed by atoms with Crippen LogP contribution in [0.25, 0.3) is 0 Å². The molecule has 0 amide bonds. The van der Waals surface area contributed by atoms with Crippen molar-refractivity contribution in [3.05, 3.63) is 21.9 Å². The molecule has 1 aliphatic carbocycles. The normalized spacial score (nSPS) is 28.8. The van der Waals surface area contributed by atoms with Crippen molar-refractivity contribution in [3.8, 4) is 0 Å². The Hall–Kier alpha value is -0.380. The van der Waals surface area contributed by atoms with Gasteiger partial charge in [0.1, 0.15) is 0 Å². The number of aryl methyl sites for hydroxylation is 1. The first-order valence-corrected chi connectivity index (χ1v) is 8.72. The fraction of sp³-hybridized carbons (Fsp3) is 0.765. The van der Waals surface area contributed by atoms with Gasteiger partial charge < -0.3 is 10.0 Å². The van der Waals surface area contributed by atoms with Gasteiger partial charge in [0.25, 0.3) is 0 Å². The summed E-state index contributed by atoms with van der Waals surface area (Å²) in [6.07, 6.45) is 6.35. The largest absolute Gasteiger partial charge is 0.391 e. The first kappa shape index (κ1) is 16.0. The minimum atomic E-state index is -0.256. The summed E-state index contributed by atoms with van der Waals surface area (Å²) in [7, 11) is 4.26. The predicted octanol–water partition coefficient (Wildman–Crippen LogP) is 3.72. The minimum Gasteiger partial charge on any atom is -0.391 e. The van der Waals surface area contributed by atoms with Gasteiger partial charge in [0.15, 0.2) is 0 Å². The molecule has 0 bridgehead atoms. The first-order chi connectivity index (χ1) is 9.48. The molecule has 0 aliphatic heterocycles. The third-order valence-corrected chi connectivity index (χ3v) is 6.36. The lowest BCUT2D eigenvalue weighted by Gasteiger charge is -2.47. The molecule has 2 nitrogen and oxygen atoms in total. The van der Waals surface area contributed by atoms with Crippen LogP contribution in [0.15, 0.2) is 12.1 Å². The average molecular weight is 295 g/mol. The van der Waals surface area contributed by atoms with E-state index >= 15 is 0 Å². The van der Waals surface area contributed by atoms with E-state index in [0.29, 0.717) is 0 Å². The van der Waals surface area contributed by atoms with Crippen LogP contribution in [0.4, 0.5) is 0 Å². The monoisotopic (exact) mass is 295 g/mol. The summed E-state index contributed by atoms with van der Waals surface area (Å²) in [5, 5.41) is 10.9. The molecular weight excluding hydrogens is 266 g/mol. The molecule has 1 aromatic heterocycles. The van der Waals surface area contributed by atoms with Gasteiger partial charge in [-0.25, -0.2) is 0 Å². The van der Waals surface area contributed by atoms with Crippen molar-refractivity contribution in [3.63, 3.8) is 0 Å². The van der Waals surface area contributed by atoms with Crippen molar-refractivity contribution in [1.29, 1.82) is 0 Å². The van der Waals surface area contributed by atoms with Crippen molar-refractivity contribution in [2.24, 2.45) is 5.92 Å². The van der Waals surface area contributed by atoms with Crippen LogP contribution in [0, 0.1) is 5.92 Å². The number of hydrogen-bond acceptors (Lipinski definition) is 3. The summed E-state index contributed by atoms with van der Waals surface area (Å²) in [6, 6.07) is 4.40. The highest BCUT2D eigenvalue weighted by Crippen LogP contribution is 2.39. The molecule has 1 aliphatic rings. The van der Waals surface area contributed by atoms with Gasteiger partial charge in [0, 0.05) is 21.7 Å². The highest BCUT2D eigenvalue weighted by Gasteiger charge is 2.42. The summed E-state index contributed by atoms with van der Waals surface area (Å²) in [6.45, 7) is 4.52. The molecule has 0 aromatic carbocycles. The van der Waals surface area contributed by atoms with E-state index in [9.17, 15) is 5.11 Å². The average Bonchev–Trinajstić information content (AvgIpc) is 2.87. The number of aliphatic hydroxyl groups excluding tert-OH is 1. The second-order valence-electron chi connectivity index (χ2n) is 6.62. The zero-order valence-electron chi connectivity index (χ0n) is 13.4. The van der Waals surface area contributed by atoms with E-state index in [-0.39, 0.29) is 11.6 Å². The molecule has 1 N–H and O–H groups in total. The molecule has 1 heterocycles. The highest BCUT2D eigenvalue weighted by molar-refractivity contribution is 7.11. The lowest BCUT2D eigenvalue weighted by atomic mass is 9.72. The van der Waals surface area contributed by atoms with E-state index < -0.39 is 0 Å². The van der Waals surface area contributed by atoms with E-state index in [4.69, 9.17) is 0 Å². The molecule has 20 heavy (non-hydrogen) atoms. The number of aliphatic hydroxyl groups is 1. The fourth-order valence-corrected chi connectivity index (χ4v) is 4.44. The predicted molar refractivity (Wildman–Crippen MR) is 87.5 cm³/mol. The lowest BCUT2D eigenvalue weighted by Crippen LogP contribution is -2.56. The van der Waals surface area contributed by atoms with Crippen LogP contribution in [0.3, 0.4) is 0 Å². The summed E-state index contributed by atoms with van der Waals surface area (Å²) in [4.78, 5) is 5.02. The van der Waals surface area contributed by atoms with Crippen LogP contribution in [0.2, 0.25) is 0 Å². The molecule has 1 atom stereocenters. The van der Waals surface area contributed by atoms with Gasteiger partial charge in [-0.15, -0.1) is 11.3 Å². The zero-order valence-corrected chi connectivity index (χ0v) is 14.2. The minimum absolute atomic E-state index is 0.0249. The second kappa shape index (κ2) is 6.59. The molecular formula is C17H29NOS. The molecule has 0 spiro atoms. The van der Waals surface area contributed by atoms with E-state index in [1.54, 1.807) is 0 Å². The van der Waals surface area contributed by atoms with Crippen LogP contribution in [0.5, 0.6) is 0 Å². The number of thiophene rings is 1. The van der Waals surface area contributed by atoms with Crippen LogP contribution < -0.4 is 0 Å². The molecule has 0 saturated heterocycles.